The Labute approximate surface area is 115 Å². The molecule has 0 aliphatic carbocycles. The Balaban J connectivity index is 2.13. The smallest absolute Gasteiger partial charge is 0.248 e. The summed E-state index contributed by atoms with van der Waals surface area (Å²) in [5, 5.41) is 11.2. The average molecular weight is 310 g/mol. The van der Waals surface area contributed by atoms with Crippen LogP contribution in [0.4, 0.5) is 0 Å². The highest BCUT2D eigenvalue weighted by Gasteiger charge is 2.11. The Kier molecular flexibility index (Phi) is 4.49. The normalized spacial score (nSPS) is 10.8. The van der Waals surface area contributed by atoms with Crippen molar-refractivity contribution in [1.29, 1.82) is 0 Å². The van der Waals surface area contributed by atoms with Gasteiger partial charge in [0.05, 0.1) is 5.56 Å². The van der Waals surface area contributed by atoms with E-state index in [9.17, 15) is 0 Å². The maximum Gasteiger partial charge on any atom is 0.248 e. The maximum atomic E-state index is 5.66. The van der Waals surface area contributed by atoms with Gasteiger partial charge in [0.25, 0.3) is 0 Å². The molecule has 0 spiro atoms. The Hall–Kier alpha value is -1.20. The second kappa shape index (κ2) is 6.11. The van der Waals surface area contributed by atoms with Crippen molar-refractivity contribution in [2.45, 2.75) is 19.8 Å². The zero-order chi connectivity index (χ0) is 13.0. The van der Waals surface area contributed by atoms with Gasteiger partial charge in [0.15, 0.2) is 0 Å². The van der Waals surface area contributed by atoms with Crippen LogP contribution in [0.5, 0.6) is 0 Å². The lowest BCUT2D eigenvalue weighted by Crippen LogP contribution is -2.08. The maximum absolute atomic E-state index is 5.66. The van der Waals surface area contributed by atoms with E-state index >= 15 is 0 Å². The molecule has 0 amide bonds. The molecule has 2 aromatic rings. The third-order valence-corrected chi connectivity index (χ3v) is 3.30. The van der Waals surface area contributed by atoms with Crippen LogP contribution in [0.15, 0.2) is 27.1 Å². The molecule has 4 nitrogen and oxygen atoms in total. The van der Waals surface area contributed by atoms with Crippen LogP contribution in [0.25, 0.3) is 11.5 Å². The van der Waals surface area contributed by atoms with Crippen LogP contribution in [-0.4, -0.2) is 23.8 Å². The fourth-order valence-electron chi connectivity index (χ4n) is 1.67. The molecule has 5 heteroatoms. The summed E-state index contributed by atoms with van der Waals surface area (Å²) in [4.78, 5) is 0. The predicted molar refractivity (Wildman–Crippen MR) is 74.4 cm³/mol. The molecule has 1 N–H and O–H groups in total. The number of hydrogen-bond acceptors (Lipinski definition) is 4. The number of rotatable bonds is 5. The minimum atomic E-state index is 0.571. The average Bonchev–Trinajstić information content (AvgIpc) is 2.78. The van der Waals surface area contributed by atoms with E-state index in [2.05, 4.69) is 31.4 Å². The molecule has 0 saturated carbocycles. The summed E-state index contributed by atoms with van der Waals surface area (Å²) in [6.07, 6.45) is 1.80. The lowest BCUT2D eigenvalue weighted by Gasteiger charge is -2.00. The van der Waals surface area contributed by atoms with Crippen LogP contribution in [0.2, 0.25) is 0 Å². The van der Waals surface area contributed by atoms with Crippen molar-refractivity contribution in [3.63, 3.8) is 0 Å². The first-order valence-corrected chi connectivity index (χ1v) is 6.73. The minimum Gasteiger partial charge on any atom is -0.421 e. The second-order valence-corrected chi connectivity index (χ2v) is 5.05. The Bertz CT molecular complexity index is 525. The monoisotopic (exact) mass is 309 g/mol. The lowest BCUT2D eigenvalue weighted by molar-refractivity contribution is 0.494. The summed E-state index contributed by atoms with van der Waals surface area (Å²) < 4.78 is 6.64. The van der Waals surface area contributed by atoms with Gasteiger partial charge in [-0.1, -0.05) is 6.07 Å². The highest BCUT2D eigenvalue weighted by atomic mass is 79.9. The molecule has 1 heterocycles. The zero-order valence-electron chi connectivity index (χ0n) is 10.5. The van der Waals surface area contributed by atoms with E-state index in [-0.39, 0.29) is 0 Å². The fourth-order valence-corrected chi connectivity index (χ4v) is 2.34. The molecule has 0 saturated heterocycles. The van der Waals surface area contributed by atoms with Crippen LogP contribution in [0.3, 0.4) is 0 Å². The summed E-state index contributed by atoms with van der Waals surface area (Å²) >= 11 is 3.52. The number of aryl methyl sites for hydroxylation is 2. The molecule has 1 aromatic heterocycles. The summed E-state index contributed by atoms with van der Waals surface area (Å²) in [7, 11) is 1.93. The fraction of sp³-hybridized carbons (Fsp3) is 0.385. The van der Waals surface area contributed by atoms with Crippen molar-refractivity contribution in [2.75, 3.05) is 13.6 Å². The van der Waals surface area contributed by atoms with E-state index in [4.69, 9.17) is 4.42 Å². The molecule has 96 valence electrons. The first-order chi connectivity index (χ1) is 8.70. The van der Waals surface area contributed by atoms with E-state index in [1.165, 1.54) is 5.56 Å². The third kappa shape index (κ3) is 3.17. The van der Waals surface area contributed by atoms with Gasteiger partial charge in [-0.3, -0.25) is 0 Å². The summed E-state index contributed by atoms with van der Waals surface area (Å²) in [5.74, 6) is 1.26. The molecule has 2 rings (SSSR count). The number of benzene rings is 1. The summed E-state index contributed by atoms with van der Waals surface area (Å²) in [5.41, 5.74) is 2.13. The van der Waals surface area contributed by atoms with Gasteiger partial charge in [-0.2, -0.15) is 0 Å². The largest absolute Gasteiger partial charge is 0.421 e. The van der Waals surface area contributed by atoms with Crippen molar-refractivity contribution in [3.8, 4) is 11.5 Å². The van der Waals surface area contributed by atoms with Gasteiger partial charge in [-0.15, -0.1) is 10.2 Å². The zero-order valence-corrected chi connectivity index (χ0v) is 12.1. The third-order valence-electron chi connectivity index (χ3n) is 2.64. The van der Waals surface area contributed by atoms with Crippen molar-refractivity contribution >= 4 is 15.9 Å². The molecule has 0 atom stereocenters. The van der Waals surface area contributed by atoms with Crippen LogP contribution < -0.4 is 5.32 Å². The van der Waals surface area contributed by atoms with Crippen molar-refractivity contribution in [2.24, 2.45) is 0 Å². The van der Waals surface area contributed by atoms with Gasteiger partial charge in [0.2, 0.25) is 11.8 Å². The van der Waals surface area contributed by atoms with E-state index in [1.807, 2.05) is 32.2 Å². The molecular weight excluding hydrogens is 294 g/mol. The molecule has 0 unspecified atom stereocenters. The SMILES string of the molecule is CNCCCc1nnc(-c2ccc(C)cc2Br)o1. The van der Waals surface area contributed by atoms with E-state index < -0.39 is 0 Å². The van der Waals surface area contributed by atoms with E-state index in [1.54, 1.807) is 0 Å². The Morgan fingerprint density at radius 1 is 1.33 bits per heavy atom. The highest BCUT2D eigenvalue weighted by molar-refractivity contribution is 9.10. The lowest BCUT2D eigenvalue weighted by atomic mass is 10.1. The molecule has 0 bridgehead atoms. The number of nitrogens with zero attached hydrogens (tertiary/aromatic N) is 2. The highest BCUT2D eigenvalue weighted by Crippen LogP contribution is 2.28. The minimum absolute atomic E-state index is 0.571. The Morgan fingerprint density at radius 2 is 2.17 bits per heavy atom. The molecule has 18 heavy (non-hydrogen) atoms. The van der Waals surface area contributed by atoms with Gasteiger partial charge in [0.1, 0.15) is 0 Å². The van der Waals surface area contributed by atoms with Crippen molar-refractivity contribution < 1.29 is 4.42 Å². The molecular formula is C13H16BrN3O. The van der Waals surface area contributed by atoms with Crippen LogP contribution in [0.1, 0.15) is 17.9 Å². The van der Waals surface area contributed by atoms with Gasteiger partial charge < -0.3 is 9.73 Å². The number of halogens is 1. The molecule has 0 aliphatic rings. The van der Waals surface area contributed by atoms with Crippen LogP contribution in [0, 0.1) is 6.92 Å². The summed E-state index contributed by atoms with van der Waals surface area (Å²) in [6, 6.07) is 6.06. The number of nitrogens with one attached hydrogen (secondary N) is 1. The van der Waals surface area contributed by atoms with E-state index in [0.717, 1.165) is 29.4 Å². The first kappa shape index (κ1) is 13.2. The van der Waals surface area contributed by atoms with Gasteiger partial charge in [0, 0.05) is 10.9 Å². The van der Waals surface area contributed by atoms with Gasteiger partial charge in [-0.25, -0.2) is 0 Å². The quantitative estimate of drug-likeness (QED) is 0.863. The van der Waals surface area contributed by atoms with Crippen molar-refractivity contribution in [1.82, 2.24) is 15.5 Å². The second-order valence-electron chi connectivity index (χ2n) is 4.19. The Morgan fingerprint density at radius 3 is 2.89 bits per heavy atom. The van der Waals surface area contributed by atoms with Gasteiger partial charge >= 0.3 is 0 Å². The summed E-state index contributed by atoms with van der Waals surface area (Å²) in [6.45, 7) is 3.00. The predicted octanol–water partition coefficient (Wildman–Crippen LogP) is 2.96. The molecule has 1 aromatic carbocycles. The number of aromatic nitrogens is 2. The first-order valence-electron chi connectivity index (χ1n) is 5.94. The molecule has 0 aliphatic heterocycles. The van der Waals surface area contributed by atoms with Crippen LogP contribution >= 0.6 is 15.9 Å². The van der Waals surface area contributed by atoms with Crippen molar-refractivity contribution in [3.05, 3.63) is 34.1 Å². The standard InChI is InChI=1S/C13H16BrN3O/c1-9-5-6-10(11(14)8-9)13-17-16-12(18-13)4-3-7-15-2/h5-6,8,15H,3-4,7H2,1-2H3. The topological polar surface area (TPSA) is 51.0 Å². The van der Waals surface area contributed by atoms with Gasteiger partial charge in [-0.05, 0) is 60.6 Å². The molecule has 0 radical (unpaired) electrons. The molecule has 0 fully saturated rings. The van der Waals surface area contributed by atoms with E-state index in [0.29, 0.717) is 11.8 Å². The number of hydrogen-bond donors (Lipinski definition) is 1. The van der Waals surface area contributed by atoms with Crippen LogP contribution in [-0.2, 0) is 6.42 Å².